The van der Waals surface area contributed by atoms with Crippen LogP contribution in [0.5, 0.6) is 17.6 Å². The summed E-state index contributed by atoms with van der Waals surface area (Å²) in [5.74, 6) is -3.48. The number of rotatable bonds is 11. The summed E-state index contributed by atoms with van der Waals surface area (Å²) in [5, 5.41) is 12.6. The van der Waals surface area contributed by atoms with Gasteiger partial charge in [-0.1, -0.05) is 6.08 Å². The zero-order chi connectivity index (χ0) is 27.4. The molecule has 1 heterocycles. The van der Waals surface area contributed by atoms with Crippen molar-refractivity contribution in [2.24, 2.45) is 17.8 Å². The zero-order valence-electron chi connectivity index (χ0n) is 21.5. The second-order valence-corrected chi connectivity index (χ2v) is 9.30. The Kier molecular flexibility index (Phi) is 7.84. The Hall–Kier alpha value is -4.15. The molecule has 11 heteroatoms. The second kappa shape index (κ2) is 11.1. The molecule has 5 atom stereocenters. The van der Waals surface area contributed by atoms with E-state index in [2.05, 4.69) is 21.9 Å². The number of carboxylic acid groups (broad SMARTS) is 1. The van der Waals surface area contributed by atoms with Crippen LogP contribution in [0.3, 0.4) is 0 Å². The number of ether oxygens (including phenoxy) is 4. The molecular weight excluding hydrogens is 494 g/mol. The van der Waals surface area contributed by atoms with Gasteiger partial charge in [-0.05, 0) is 50.5 Å². The third-order valence-corrected chi connectivity index (χ3v) is 7.00. The van der Waals surface area contributed by atoms with Crippen molar-refractivity contribution in [1.29, 1.82) is 0 Å². The summed E-state index contributed by atoms with van der Waals surface area (Å²) in [6, 6.07) is 8.95. The lowest BCUT2D eigenvalue weighted by Crippen LogP contribution is -2.49. The van der Waals surface area contributed by atoms with Crippen LogP contribution in [0.4, 0.5) is 0 Å². The number of hydrogen-bond donors (Lipinski definition) is 2. The van der Waals surface area contributed by atoms with Gasteiger partial charge >= 0.3 is 17.9 Å². The van der Waals surface area contributed by atoms with Crippen molar-refractivity contribution in [2.75, 3.05) is 20.8 Å². The fourth-order valence-corrected chi connectivity index (χ4v) is 4.86. The van der Waals surface area contributed by atoms with Gasteiger partial charge in [0, 0.05) is 17.5 Å². The minimum Gasteiger partial charge on any atom is -0.497 e. The first-order valence-corrected chi connectivity index (χ1v) is 12.3. The number of carboxylic acids is 1. The number of nitrogens with one attached hydrogen (secondary N) is 1. The summed E-state index contributed by atoms with van der Waals surface area (Å²) < 4.78 is 21.6. The highest BCUT2D eigenvalue weighted by atomic mass is 16.5. The molecule has 11 nitrogen and oxygen atoms in total. The molecule has 2 aliphatic rings. The predicted octanol–water partition coefficient (Wildman–Crippen LogP) is 2.64. The fraction of sp³-hybridized carbons (Fsp3) is 0.444. The van der Waals surface area contributed by atoms with E-state index in [4.69, 9.17) is 18.9 Å². The minimum absolute atomic E-state index is 0.0796. The number of aliphatic carboxylic acids is 1. The van der Waals surface area contributed by atoms with Crippen LogP contribution in [0, 0.1) is 17.8 Å². The average Bonchev–Trinajstić information content (AvgIpc) is 3.47. The summed E-state index contributed by atoms with van der Waals surface area (Å²) in [7, 11) is 3.01. The molecule has 5 unspecified atom stereocenters. The number of carbonyl (C=O) groups excluding carboxylic acids is 2. The van der Waals surface area contributed by atoms with E-state index in [0.717, 1.165) is 5.56 Å². The zero-order valence-corrected chi connectivity index (χ0v) is 21.5. The van der Waals surface area contributed by atoms with Crippen LogP contribution < -0.4 is 19.5 Å². The number of amides is 1. The Bertz CT molecular complexity index is 1220. The lowest BCUT2D eigenvalue weighted by Gasteiger charge is -2.21. The number of benzene rings is 1. The van der Waals surface area contributed by atoms with Gasteiger partial charge in [-0.3, -0.25) is 9.59 Å². The number of nitrogens with zero attached hydrogens (tertiary/aromatic N) is 2. The molecular formula is C27H31N3O8. The van der Waals surface area contributed by atoms with Gasteiger partial charge in [0.1, 0.15) is 17.4 Å². The van der Waals surface area contributed by atoms with Crippen LogP contribution >= 0.6 is 0 Å². The largest absolute Gasteiger partial charge is 0.497 e. The molecule has 1 aromatic heterocycles. The Labute approximate surface area is 220 Å². The highest BCUT2D eigenvalue weighted by molar-refractivity contribution is 5.94. The molecule has 0 aliphatic heterocycles. The van der Waals surface area contributed by atoms with Crippen LogP contribution in [-0.4, -0.2) is 65.4 Å². The summed E-state index contributed by atoms with van der Waals surface area (Å²) in [5.41, 5.74) is 0.107. The molecule has 1 aromatic carbocycles. The van der Waals surface area contributed by atoms with Gasteiger partial charge in [-0.15, -0.1) is 6.58 Å². The quantitative estimate of drug-likeness (QED) is 0.332. The first-order chi connectivity index (χ1) is 18.2. The van der Waals surface area contributed by atoms with Crippen molar-refractivity contribution in [3.8, 4) is 28.9 Å². The summed E-state index contributed by atoms with van der Waals surface area (Å²) in [4.78, 5) is 46.5. The van der Waals surface area contributed by atoms with E-state index in [9.17, 15) is 19.5 Å². The molecule has 2 N–H and O–H groups in total. The van der Waals surface area contributed by atoms with E-state index >= 15 is 0 Å². The Morgan fingerprint density at radius 3 is 2.42 bits per heavy atom. The van der Waals surface area contributed by atoms with Crippen LogP contribution in [-0.2, 0) is 19.1 Å². The molecule has 1 amide bonds. The van der Waals surface area contributed by atoms with Crippen molar-refractivity contribution in [3.05, 3.63) is 43.0 Å². The smallest absolute Gasteiger partial charge is 0.332 e. The summed E-state index contributed by atoms with van der Waals surface area (Å²) in [6.45, 7) is 5.56. The van der Waals surface area contributed by atoms with Gasteiger partial charge in [-0.25, -0.2) is 4.79 Å². The molecule has 38 heavy (non-hydrogen) atoms. The van der Waals surface area contributed by atoms with E-state index in [0.29, 0.717) is 17.9 Å². The highest BCUT2D eigenvalue weighted by Crippen LogP contribution is 2.46. The number of aromatic nitrogens is 2. The van der Waals surface area contributed by atoms with Crippen molar-refractivity contribution in [1.82, 2.24) is 15.3 Å². The maximum absolute atomic E-state index is 13.2. The molecule has 0 spiro atoms. The first kappa shape index (κ1) is 26.9. The molecule has 0 bridgehead atoms. The van der Waals surface area contributed by atoms with E-state index in [1.807, 2.05) is 12.1 Å². The summed E-state index contributed by atoms with van der Waals surface area (Å²) >= 11 is 0. The Morgan fingerprint density at radius 2 is 1.84 bits per heavy atom. The van der Waals surface area contributed by atoms with E-state index < -0.39 is 41.3 Å². The number of methoxy groups -OCH3 is 2. The molecule has 2 aliphatic carbocycles. The summed E-state index contributed by atoms with van der Waals surface area (Å²) in [6.07, 6.45) is 1.57. The van der Waals surface area contributed by atoms with Crippen LogP contribution in [0.15, 0.2) is 43.0 Å². The van der Waals surface area contributed by atoms with Gasteiger partial charge in [0.05, 0.1) is 38.4 Å². The van der Waals surface area contributed by atoms with Gasteiger partial charge in [0.25, 0.3) is 0 Å². The van der Waals surface area contributed by atoms with Crippen LogP contribution in [0.2, 0.25) is 0 Å². The third-order valence-electron chi connectivity index (χ3n) is 7.00. The average molecular weight is 526 g/mol. The topological polar surface area (TPSA) is 146 Å². The molecule has 2 saturated carbocycles. The van der Waals surface area contributed by atoms with E-state index in [1.165, 1.54) is 7.11 Å². The standard InChI is InChI=1S/C27H31N3O8/c1-5-16-14-27(16,25(34)37-6-2)30-23(31)19-11-18(12-20(19)24(32)33)38-22-13-21(28-26(29-22)36-4)15-7-9-17(35-3)10-8-15/h5,7-10,13,16,18-20H,1,6,11-12,14H2,2-4H3,(H,30,31)(H,32,33). The molecule has 0 saturated heterocycles. The van der Waals surface area contributed by atoms with Gasteiger partial charge in [0.2, 0.25) is 11.8 Å². The van der Waals surface area contributed by atoms with Crippen molar-refractivity contribution in [3.63, 3.8) is 0 Å². The molecule has 4 rings (SSSR count). The predicted molar refractivity (Wildman–Crippen MR) is 135 cm³/mol. The number of hydrogen-bond acceptors (Lipinski definition) is 9. The molecule has 2 fully saturated rings. The third kappa shape index (κ3) is 5.41. The van der Waals surface area contributed by atoms with Crippen LogP contribution in [0.1, 0.15) is 26.2 Å². The Balaban J connectivity index is 1.51. The van der Waals surface area contributed by atoms with E-state index in [1.54, 1.807) is 38.3 Å². The van der Waals surface area contributed by atoms with Gasteiger partial charge in [0.15, 0.2) is 0 Å². The first-order valence-electron chi connectivity index (χ1n) is 12.3. The molecule has 2 aromatic rings. The fourth-order valence-electron chi connectivity index (χ4n) is 4.86. The van der Waals surface area contributed by atoms with Gasteiger partial charge in [-0.2, -0.15) is 9.97 Å². The van der Waals surface area contributed by atoms with Crippen molar-refractivity contribution >= 4 is 17.8 Å². The minimum atomic E-state index is -1.20. The van der Waals surface area contributed by atoms with Crippen molar-refractivity contribution < 1.29 is 38.4 Å². The monoisotopic (exact) mass is 525 g/mol. The second-order valence-electron chi connectivity index (χ2n) is 9.30. The maximum atomic E-state index is 13.2. The van der Waals surface area contributed by atoms with E-state index in [-0.39, 0.29) is 37.3 Å². The van der Waals surface area contributed by atoms with Gasteiger partial charge < -0.3 is 29.4 Å². The maximum Gasteiger partial charge on any atom is 0.332 e. The number of esters is 1. The molecule has 0 radical (unpaired) electrons. The lowest BCUT2D eigenvalue weighted by atomic mass is 9.94. The number of carbonyl (C=O) groups is 3. The highest BCUT2D eigenvalue weighted by Gasteiger charge is 2.62. The SMILES string of the molecule is C=CC1CC1(NC(=O)C1CC(Oc2cc(-c3ccc(OC)cc3)nc(OC)n2)CC1C(=O)O)C(=O)OCC. The van der Waals surface area contributed by atoms with Crippen molar-refractivity contribution in [2.45, 2.75) is 37.8 Å². The molecule has 202 valence electrons. The Morgan fingerprint density at radius 1 is 1.13 bits per heavy atom. The lowest BCUT2D eigenvalue weighted by molar-refractivity contribution is -0.150. The van der Waals surface area contributed by atoms with Crippen LogP contribution in [0.25, 0.3) is 11.3 Å². The normalized spacial score (nSPS) is 25.7.